The molecular weight excluding hydrogens is 808 g/mol. The third kappa shape index (κ3) is 11.4. The molecule has 0 aromatic rings. The standard InChI is InChI=1S/C41H63NO15P2/c1-6-14-38-54-36-24-30-16-13-15-29-23-31(44)19-20-39(29,4)33(7-2)34(25-40(30,5)41(36,55-38)35(45)26-51-28(3)43)56-59(49,50)57-58(47,48)53-22-21-42-37(46)27-52-32-17-11-9-8-10-12-18-32/h11,17,19-20,23,30,32-34,36,38H,6-10,12-16,18,21-22,24-27H2,1-5H3,(H,42,46)(H,47,48)(H,49,50)/b17-11-/t30-,32?,33-,34+,36-,38?,39+,40+,41-/m1/s1. The molecule has 5 aliphatic rings. The van der Waals surface area contributed by atoms with E-state index in [1.165, 1.54) is 13.0 Å². The first-order valence-electron chi connectivity index (χ1n) is 21.1. The van der Waals surface area contributed by atoms with Gasteiger partial charge in [-0.2, -0.15) is 4.31 Å². The average molecular weight is 872 g/mol. The lowest BCUT2D eigenvalue weighted by Gasteiger charge is -2.50. The predicted molar refractivity (Wildman–Crippen MR) is 214 cm³/mol. The van der Waals surface area contributed by atoms with Crippen molar-refractivity contribution < 1.29 is 70.4 Å². The zero-order chi connectivity index (χ0) is 43.1. The molecule has 0 aromatic heterocycles. The second-order valence-electron chi connectivity index (χ2n) is 16.8. The van der Waals surface area contributed by atoms with E-state index in [1.807, 2.05) is 39.8 Å². The quantitative estimate of drug-likeness (QED) is 0.0597. The summed E-state index contributed by atoms with van der Waals surface area (Å²) in [5.41, 5.74) is -2.86. The molecule has 0 aromatic carbocycles. The molecule has 1 saturated heterocycles. The van der Waals surface area contributed by atoms with Crippen LogP contribution in [0.3, 0.4) is 0 Å². The van der Waals surface area contributed by atoms with Gasteiger partial charge >= 0.3 is 21.6 Å². The number of nitrogens with one attached hydrogen (secondary N) is 1. The van der Waals surface area contributed by atoms with Crippen LogP contribution in [0.25, 0.3) is 0 Å². The minimum absolute atomic E-state index is 0.0827. The molecule has 59 heavy (non-hydrogen) atoms. The zero-order valence-corrected chi connectivity index (χ0v) is 36.8. The SMILES string of the molecule is CCCC1O[C@@H]2C[C@H]3CCCC4=CC(=O)C=C[C@]4(C)[C@H](CC)[C@@H](OP(=O)(O)OP(=O)(O)OCCNC(=O)COC4/C=C\CCCCC4)C[C@]3(C)[C@]2(C(=O)COC(C)=O)O1. The Morgan fingerprint density at radius 1 is 1.03 bits per heavy atom. The third-order valence-electron chi connectivity index (χ3n) is 12.9. The molecule has 16 nitrogen and oxygen atoms in total. The summed E-state index contributed by atoms with van der Waals surface area (Å²) in [6.45, 7) is 7.23. The van der Waals surface area contributed by atoms with Gasteiger partial charge in [-0.25, -0.2) is 9.13 Å². The van der Waals surface area contributed by atoms with Gasteiger partial charge in [0, 0.05) is 24.3 Å². The molecule has 4 unspecified atom stereocenters. The summed E-state index contributed by atoms with van der Waals surface area (Å²) in [6, 6.07) is 0. The number of carbonyl (C=O) groups is 4. The zero-order valence-electron chi connectivity index (χ0n) is 35.0. The number of hydrogen-bond donors (Lipinski definition) is 3. The maximum atomic E-state index is 14.4. The highest BCUT2D eigenvalue weighted by Gasteiger charge is 2.72. The number of ether oxygens (including phenoxy) is 4. The molecule has 3 fully saturated rings. The monoisotopic (exact) mass is 871 g/mol. The average Bonchev–Trinajstić information content (AvgIpc) is 3.61. The van der Waals surface area contributed by atoms with Gasteiger partial charge in [-0.15, -0.1) is 0 Å². The Balaban J connectivity index is 1.37. The molecule has 18 heteroatoms. The number of rotatable bonds is 17. The van der Waals surface area contributed by atoms with Gasteiger partial charge in [0.25, 0.3) is 0 Å². The fourth-order valence-corrected chi connectivity index (χ4v) is 12.3. The van der Waals surface area contributed by atoms with Crippen molar-refractivity contribution in [3.8, 4) is 0 Å². The largest absolute Gasteiger partial charge is 0.481 e. The fourth-order valence-electron chi connectivity index (χ4n) is 10.0. The van der Waals surface area contributed by atoms with Crippen LogP contribution in [0.15, 0.2) is 36.0 Å². The van der Waals surface area contributed by atoms with E-state index in [9.17, 15) is 38.1 Å². The van der Waals surface area contributed by atoms with Crippen molar-refractivity contribution in [3.05, 3.63) is 36.0 Å². The Labute approximate surface area is 347 Å². The van der Waals surface area contributed by atoms with Gasteiger partial charge in [-0.1, -0.05) is 70.8 Å². The Kier molecular flexibility index (Phi) is 16.3. The highest BCUT2D eigenvalue weighted by atomic mass is 31.3. The van der Waals surface area contributed by atoms with Gasteiger partial charge in [0.15, 0.2) is 24.3 Å². The first-order valence-corrected chi connectivity index (χ1v) is 24.1. The van der Waals surface area contributed by atoms with Crippen molar-refractivity contribution in [2.24, 2.45) is 22.7 Å². The molecule has 0 bridgehead atoms. The van der Waals surface area contributed by atoms with Crippen LogP contribution in [-0.4, -0.2) is 89.8 Å². The maximum Gasteiger partial charge on any atom is 0.481 e. The van der Waals surface area contributed by atoms with E-state index in [-0.39, 0.29) is 37.4 Å². The van der Waals surface area contributed by atoms with E-state index >= 15 is 0 Å². The number of Topliss-reactive ketones (excluding diaryl/α,β-unsaturated/α-hetero) is 1. The minimum Gasteiger partial charge on any atom is -0.458 e. The van der Waals surface area contributed by atoms with E-state index < -0.39 is 87.4 Å². The first kappa shape index (κ1) is 47.7. The number of fused-ring (bicyclic) bond motifs is 4. The maximum absolute atomic E-state index is 14.4. The van der Waals surface area contributed by atoms with Crippen LogP contribution in [-0.2, 0) is 60.6 Å². The van der Waals surface area contributed by atoms with Gasteiger partial charge in [0.05, 0.1) is 24.9 Å². The van der Waals surface area contributed by atoms with Crippen molar-refractivity contribution in [3.63, 3.8) is 0 Å². The molecule has 4 aliphatic carbocycles. The van der Waals surface area contributed by atoms with Crippen LogP contribution < -0.4 is 5.32 Å². The Morgan fingerprint density at radius 2 is 1.81 bits per heavy atom. The Bertz CT molecular complexity index is 1730. The number of carbonyl (C=O) groups excluding carboxylic acids is 4. The highest BCUT2D eigenvalue weighted by Crippen LogP contribution is 2.66. The molecule has 0 radical (unpaired) electrons. The van der Waals surface area contributed by atoms with Gasteiger partial charge in [-0.05, 0) is 88.2 Å². The summed E-state index contributed by atoms with van der Waals surface area (Å²) in [5, 5.41) is 2.53. The normalized spacial score (nSPS) is 36.0. The van der Waals surface area contributed by atoms with E-state index in [0.717, 1.165) is 37.7 Å². The third-order valence-corrected chi connectivity index (χ3v) is 15.6. The lowest BCUT2D eigenvalue weighted by atomic mass is 9.58. The number of hydrogen-bond acceptors (Lipinski definition) is 13. The molecule has 1 aliphatic heterocycles. The Morgan fingerprint density at radius 3 is 2.54 bits per heavy atom. The predicted octanol–water partition coefficient (Wildman–Crippen LogP) is 6.74. The van der Waals surface area contributed by atoms with E-state index in [0.29, 0.717) is 44.9 Å². The Hall–Kier alpha value is -2.36. The number of amides is 1. The van der Waals surface area contributed by atoms with Gasteiger partial charge in [0.2, 0.25) is 11.7 Å². The van der Waals surface area contributed by atoms with E-state index in [1.54, 1.807) is 12.2 Å². The molecule has 2 saturated carbocycles. The van der Waals surface area contributed by atoms with Gasteiger partial charge < -0.3 is 34.1 Å². The first-order chi connectivity index (χ1) is 27.9. The van der Waals surface area contributed by atoms with Crippen LogP contribution in [0.5, 0.6) is 0 Å². The van der Waals surface area contributed by atoms with Crippen molar-refractivity contribution in [2.45, 2.75) is 148 Å². The van der Waals surface area contributed by atoms with Crippen LogP contribution in [0.1, 0.15) is 118 Å². The molecule has 3 N–H and O–H groups in total. The van der Waals surface area contributed by atoms with Crippen molar-refractivity contribution in [2.75, 3.05) is 26.4 Å². The summed E-state index contributed by atoms with van der Waals surface area (Å²) in [7, 11) is -10.7. The minimum atomic E-state index is -5.46. The van der Waals surface area contributed by atoms with E-state index in [4.69, 9.17) is 32.3 Å². The topological polar surface area (TPSA) is 220 Å². The van der Waals surface area contributed by atoms with Crippen LogP contribution in [0.4, 0.5) is 0 Å². The van der Waals surface area contributed by atoms with Crippen molar-refractivity contribution >= 4 is 39.1 Å². The highest BCUT2D eigenvalue weighted by molar-refractivity contribution is 7.61. The number of phosphoric ester groups is 2. The molecule has 1 heterocycles. The summed E-state index contributed by atoms with van der Waals surface area (Å²) >= 11 is 0. The summed E-state index contributed by atoms with van der Waals surface area (Å²) in [5.74, 6) is -2.72. The number of ketones is 2. The molecule has 5 rings (SSSR count). The molecule has 0 spiro atoms. The molecule has 1 amide bonds. The number of allylic oxidation sites excluding steroid dienone is 5. The second kappa shape index (κ2) is 20.2. The van der Waals surface area contributed by atoms with Crippen LogP contribution >= 0.6 is 15.6 Å². The lowest BCUT2D eigenvalue weighted by Crippen LogP contribution is -2.59. The smallest absolute Gasteiger partial charge is 0.458 e. The molecule has 332 valence electrons. The number of phosphoric acid groups is 2. The second-order valence-corrected chi connectivity index (χ2v) is 19.8. The molecule has 11 atom stereocenters. The summed E-state index contributed by atoms with van der Waals surface area (Å²) in [6.07, 6.45) is 14.4. The van der Waals surface area contributed by atoms with Crippen LogP contribution in [0.2, 0.25) is 0 Å². The summed E-state index contributed by atoms with van der Waals surface area (Å²) in [4.78, 5) is 73.4. The number of esters is 1. The van der Waals surface area contributed by atoms with Crippen molar-refractivity contribution in [1.82, 2.24) is 5.32 Å². The van der Waals surface area contributed by atoms with Crippen LogP contribution in [0, 0.1) is 22.7 Å². The van der Waals surface area contributed by atoms with E-state index in [2.05, 4.69) is 5.32 Å². The van der Waals surface area contributed by atoms with Gasteiger partial charge in [-0.3, -0.25) is 28.2 Å². The van der Waals surface area contributed by atoms with Crippen molar-refractivity contribution in [1.29, 1.82) is 0 Å². The lowest BCUT2D eigenvalue weighted by molar-refractivity contribution is -0.181. The molecular formula is C41H63NO15P2. The fraction of sp³-hybridized carbons (Fsp3) is 0.756. The summed E-state index contributed by atoms with van der Waals surface area (Å²) < 4.78 is 66.9. The van der Waals surface area contributed by atoms with Gasteiger partial charge in [0.1, 0.15) is 6.61 Å².